The third-order valence-corrected chi connectivity index (χ3v) is 6.44. The van der Waals surface area contributed by atoms with Gasteiger partial charge in [0.1, 0.15) is 9.84 Å². The number of benzene rings is 1. The van der Waals surface area contributed by atoms with Crippen LogP contribution in [0, 0.1) is 0 Å². The van der Waals surface area contributed by atoms with Crippen molar-refractivity contribution >= 4 is 25.8 Å². The first-order chi connectivity index (χ1) is 8.01. The number of hydrogen-bond acceptors (Lipinski definition) is 2. The fourth-order valence-electron chi connectivity index (χ4n) is 3.24. The molecule has 17 heavy (non-hydrogen) atoms. The average molecular weight is 315 g/mol. The van der Waals surface area contributed by atoms with Crippen LogP contribution in [0.15, 0.2) is 22.7 Å². The summed E-state index contributed by atoms with van der Waals surface area (Å²) in [5.41, 5.74) is 2.95. The van der Waals surface area contributed by atoms with E-state index in [2.05, 4.69) is 34.1 Å². The zero-order valence-corrected chi connectivity index (χ0v) is 12.0. The van der Waals surface area contributed by atoms with Crippen molar-refractivity contribution in [3.05, 3.63) is 33.8 Å². The molecule has 1 fully saturated rings. The van der Waals surface area contributed by atoms with Crippen LogP contribution >= 0.6 is 15.9 Å². The lowest BCUT2D eigenvalue weighted by Crippen LogP contribution is -2.35. The van der Waals surface area contributed by atoms with Gasteiger partial charge >= 0.3 is 0 Å². The molecule has 3 rings (SSSR count). The van der Waals surface area contributed by atoms with E-state index in [4.69, 9.17) is 0 Å². The maximum atomic E-state index is 11.5. The fourth-order valence-corrected chi connectivity index (χ4v) is 5.26. The summed E-state index contributed by atoms with van der Waals surface area (Å²) in [7, 11) is -2.77. The van der Waals surface area contributed by atoms with E-state index in [-0.39, 0.29) is 5.41 Å². The molecule has 0 bridgehead atoms. The monoisotopic (exact) mass is 314 g/mol. The standard InChI is InChI=1S/C13H15BrO2S/c14-11-1-2-12-10(9-11)3-4-13(12)5-7-17(15,16)8-6-13/h1-2,9H,3-8H2. The van der Waals surface area contributed by atoms with Gasteiger partial charge in [0, 0.05) is 4.47 Å². The molecule has 1 spiro atoms. The van der Waals surface area contributed by atoms with Gasteiger partial charge in [-0.25, -0.2) is 8.42 Å². The quantitative estimate of drug-likeness (QED) is 0.738. The van der Waals surface area contributed by atoms with E-state index in [1.165, 1.54) is 11.1 Å². The Labute approximate surface area is 110 Å². The predicted molar refractivity (Wildman–Crippen MR) is 72.0 cm³/mol. The molecule has 1 heterocycles. The highest BCUT2D eigenvalue weighted by molar-refractivity contribution is 9.10. The lowest BCUT2D eigenvalue weighted by atomic mass is 9.77. The Bertz CT molecular complexity index is 549. The van der Waals surface area contributed by atoms with Gasteiger partial charge in [-0.3, -0.25) is 0 Å². The highest BCUT2D eigenvalue weighted by atomic mass is 79.9. The first-order valence-corrected chi connectivity index (χ1v) is 8.62. The van der Waals surface area contributed by atoms with E-state index < -0.39 is 9.84 Å². The molecule has 0 atom stereocenters. The molecule has 0 saturated carbocycles. The molecule has 0 unspecified atom stereocenters. The summed E-state index contributed by atoms with van der Waals surface area (Å²) in [6, 6.07) is 6.45. The van der Waals surface area contributed by atoms with E-state index in [1.54, 1.807) is 0 Å². The number of sulfone groups is 1. The molecular weight excluding hydrogens is 300 g/mol. The van der Waals surface area contributed by atoms with Crippen molar-refractivity contribution in [1.29, 1.82) is 0 Å². The highest BCUT2D eigenvalue weighted by Gasteiger charge is 2.42. The van der Waals surface area contributed by atoms with Crippen molar-refractivity contribution in [2.45, 2.75) is 31.1 Å². The van der Waals surface area contributed by atoms with Gasteiger partial charge < -0.3 is 0 Å². The van der Waals surface area contributed by atoms with Crippen molar-refractivity contribution < 1.29 is 8.42 Å². The van der Waals surface area contributed by atoms with Crippen LogP contribution in [0.25, 0.3) is 0 Å². The normalized spacial score (nSPS) is 24.8. The summed E-state index contributed by atoms with van der Waals surface area (Å²) in [6.07, 6.45) is 3.83. The Morgan fingerprint density at radius 1 is 1.12 bits per heavy atom. The molecule has 1 aliphatic carbocycles. The number of fused-ring (bicyclic) bond motifs is 2. The number of hydrogen-bond donors (Lipinski definition) is 0. The molecule has 1 aliphatic heterocycles. The summed E-state index contributed by atoms with van der Waals surface area (Å²) in [4.78, 5) is 0. The largest absolute Gasteiger partial charge is 0.229 e. The Kier molecular flexibility index (Phi) is 2.63. The number of aryl methyl sites for hydroxylation is 1. The Balaban J connectivity index is 1.98. The third kappa shape index (κ3) is 1.95. The molecule has 4 heteroatoms. The maximum absolute atomic E-state index is 11.5. The first-order valence-electron chi connectivity index (χ1n) is 6.00. The molecular formula is C13H15BrO2S. The SMILES string of the molecule is O=S1(=O)CCC2(CCc3cc(Br)ccc32)CC1. The van der Waals surface area contributed by atoms with Crippen LogP contribution in [0.4, 0.5) is 0 Å². The zero-order valence-electron chi connectivity index (χ0n) is 9.58. The molecule has 2 aliphatic rings. The van der Waals surface area contributed by atoms with E-state index in [0.717, 1.165) is 30.2 Å². The minimum atomic E-state index is -2.77. The summed E-state index contributed by atoms with van der Waals surface area (Å²) in [5.74, 6) is 0.727. The van der Waals surface area contributed by atoms with Gasteiger partial charge in [0.05, 0.1) is 11.5 Å². The molecule has 0 radical (unpaired) electrons. The van der Waals surface area contributed by atoms with Crippen LogP contribution in [0.1, 0.15) is 30.4 Å². The van der Waals surface area contributed by atoms with Crippen LogP contribution in [0.3, 0.4) is 0 Å². The molecule has 2 nitrogen and oxygen atoms in total. The van der Waals surface area contributed by atoms with E-state index >= 15 is 0 Å². The highest BCUT2D eigenvalue weighted by Crippen LogP contribution is 2.47. The summed E-state index contributed by atoms with van der Waals surface area (Å²) >= 11 is 3.50. The number of halogens is 1. The second-order valence-corrected chi connectivity index (χ2v) is 8.45. The van der Waals surface area contributed by atoms with Gasteiger partial charge in [0.2, 0.25) is 0 Å². The summed E-state index contributed by atoms with van der Waals surface area (Å²) < 4.78 is 24.2. The summed E-state index contributed by atoms with van der Waals surface area (Å²) in [5, 5.41) is 0. The second-order valence-electron chi connectivity index (χ2n) is 5.23. The van der Waals surface area contributed by atoms with Crippen LogP contribution in [-0.4, -0.2) is 19.9 Å². The molecule has 92 valence electrons. The van der Waals surface area contributed by atoms with Crippen LogP contribution in [-0.2, 0) is 21.7 Å². The third-order valence-electron chi connectivity index (χ3n) is 4.29. The molecule has 1 saturated heterocycles. The van der Waals surface area contributed by atoms with Crippen molar-refractivity contribution in [3.63, 3.8) is 0 Å². The maximum Gasteiger partial charge on any atom is 0.150 e. The minimum Gasteiger partial charge on any atom is -0.229 e. The van der Waals surface area contributed by atoms with Gasteiger partial charge in [-0.15, -0.1) is 0 Å². The molecule has 0 amide bonds. The van der Waals surface area contributed by atoms with Crippen molar-refractivity contribution in [2.75, 3.05) is 11.5 Å². The van der Waals surface area contributed by atoms with Crippen LogP contribution in [0.5, 0.6) is 0 Å². The van der Waals surface area contributed by atoms with Crippen LogP contribution in [0.2, 0.25) is 0 Å². The van der Waals surface area contributed by atoms with Crippen molar-refractivity contribution in [1.82, 2.24) is 0 Å². The van der Waals surface area contributed by atoms with Gasteiger partial charge in [0.15, 0.2) is 0 Å². The van der Waals surface area contributed by atoms with Gasteiger partial charge in [-0.1, -0.05) is 22.0 Å². The number of rotatable bonds is 0. The van der Waals surface area contributed by atoms with Crippen molar-refractivity contribution in [3.8, 4) is 0 Å². The lowest BCUT2D eigenvalue weighted by Gasteiger charge is -2.34. The summed E-state index contributed by atoms with van der Waals surface area (Å²) in [6.45, 7) is 0. The second kappa shape index (κ2) is 3.82. The van der Waals surface area contributed by atoms with E-state index in [9.17, 15) is 8.42 Å². The molecule has 0 N–H and O–H groups in total. The zero-order chi connectivity index (χ0) is 12.1. The van der Waals surface area contributed by atoms with E-state index in [0.29, 0.717) is 11.5 Å². The minimum absolute atomic E-state index is 0.154. The molecule has 1 aromatic rings. The van der Waals surface area contributed by atoms with Gasteiger partial charge in [0.25, 0.3) is 0 Å². The lowest BCUT2D eigenvalue weighted by molar-refractivity contribution is 0.380. The molecule has 1 aromatic carbocycles. The van der Waals surface area contributed by atoms with E-state index in [1.807, 2.05) is 0 Å². The Morgan fingerprint density at radius 3 is 2.53 bits per heavy atom. The van der Waals surface area contributed by atoms with Gasteiger partial charge in [-0.05, 0) is 54.4 Å². The van der Waals surface area contributed by atoms with Gasteiger partial charge in [-0.2, -0.15) is 0 Å². The Hall–Kier alpha value is -0.350. The average Bonchev–Trinajstić information content (AvgIpc) is 2.62. The van der Waals surface area contributed by atoms with Crippen molar-refractivity contribution in [2.24, 2.45) is 0 Å². The predicted octanol–water partition coefficient (Wildman–Crippen LogP) is 2.84. The fraction of sp³-hybridized carbons (Fsp3) is 0.538. The molecule has 0 aromatic heterocycles. The first kappa shape index (κ1) is 11.7. The Morgan fingerprint density at radius 2 is 1.82 bits per heavy atom. The van der Waals surface area contributed by atoms with Crippen LogP contribution < -0.4 is 0 Å². The smallest absolute Gasteiger partial charge is 0.150 e. The topological polar surface area (TPSA) is 34.1 Å².